The summed E-state index contributed by atoms with van der Waals surface area (Å²) in [6.07, 6.45) is 6.93. The van der Waals surface area contributed by atoms with E-state index in [0.29, 0.717) is 24.8 Å². The summed E-state index contributed by atoms with van der Waals surface area (Å²) >= 11 is 0. The minimum atomic E-state index is -0.178. The Balaban J connectivity index is 1.35. The van der Waals surface area contributed by atoms with E-state index in [9.17, 15) is 4.79 Å². The summed E-state index contributed by atoms with van der Waals surface area (Å²) in [4.78, 5) is 12.3. The third-order valence-electron chi connectivity index (χ3n) is 6.77. The molecule has 4 aliphatic carbocycles. The molecule has 0 unspecified atom stereocenters. The quantitative estimate of drug-likeness (QED) is 0.873. The van der Waals surface area contributed by atoms with Crippen LogP contribution in [-0.2, 0) is 11.2 Å². The molecule has 0 spiro atoms. The Morgan fingerprint density at radius 2 is 1.71 bits per heavy atom. The van der Waals surface area contributed by atoms with Crippen molar-refractivity contribution in [3.8, 4) is 5.75 Å². The van der Waals surface area contributed by atoms with Crippen LogP contribution in [0, 0.1) is 23.7 Å². The van der Waals surface area contributed by atoms with E-state index in [4.69, 9.17) is 10.5 Å². The molecule has 4 nitrogen and oxygen atoms in total. The van der Waals surface area contributed by atoms with E-state index in [0.717, 1.165) is 23.1 Å². The number of amides is 1. The molecular formula is C20H28N2O2. The minimum absolute atomic E-state index is 0.0683. The average Bonchev–Trinajstić information content (AvgIpc) is 2.58. The molecule has 0 aliphatic heterocycles. The minimum Gasteiger partial charge on any atom is -0.497 e. The SMILES string of the molecule is COc1ccc(CC(=O)NCC2(N)C3CC4CC(C3)CC2C4)cc1. The first kappa shape index (κ1) is 15.9. The molecule has 4 fully saturated rings. The fourth-order valence-electron chi connectivity index (χ4n) is 5.59. The number of carbonyl (C=O) groups excluding carboxylic acids is 1. The van der Waals surface area contributed by atoms with Gasteiger partial charge in [0.1, 0.15) is 5.75 Å². The number of hydrogen-bond donors (Lipinski definition) is 2. The molecular weight excluding hydrogens is 300 g/mol. The molecule has 4 aliphatic rings. The van der Waals surface area contributed by atoms with Gasteiger partial charge in [0.15, 0.2) is 0 Å². The van der Waals surface area contributed by atoms with Gasteiger partial charge in [-0.15, -0.1) is 0 Å². The Hall–Kier alpha value is -1.55. The number of nitrogens with one attached hydrogen (secondary N) is 1. The number of nitrogens with two attached hydrogens (primary N) is 1. The van der Waals surface area contributed by atoms with Crippen LogP contribution in [0.15, 0.2) is 24.3 Å². The van der Waals surface area contributed by atoms with E-state index in [1.807, 2.05) is 24.3 Å². The maximum Gasteiger partial charge on any atom is 0.224 e. The summed E-state index contributed by atoms with van der Waals surface area (Å²) < 4.78 is 5.15. The molecule has 0 aromatic heterocycles. The molecule has 1 aromatic carbocycles. The molecule has 5 rings (SSSR count). The Morgan fingerprint density at radius 1 is 1.12 bits per heavy atom. The van der Waals surface area contributed by atoms with Gasteiger partial charge >= 0.3 is 0 Å². The van der Waals surface area contributed by atoms with Crippen LogP contribution < -0.4 is 15.8 Å². The Morgan fingerprint density at radius 3 is 2.25 bits per heavy atom. The van der Waals surface area contributed by atoms with Gasteiger partial charge in [0, 0.05) is 12.1 Å². The molecule has 3 N–H and O–H groups in total. The molecule has 4 heteroatoms. The Bertz CT molecular complexity index is 583. The molecule has 0 radical (unpaired) electrons. The highest BCUT2D eigenvalue weighted by molar-refractivity contribution is 5.78. The zero-order chi connectivity index (χ0) is 16.7. The van der Waals surface area contributed by atoms with Crippen LogP contribution in [-0.4, -0.2) is 25.1 Å². The summed E-state index contributed by atoms with van der Waals surface area (Å²) in [6, 6.07) is 7.68. The molecule has 1 aromatic rings. The standard InChI is InChI=1S/C20H28N2O2/c1-24-18-4-2-13(3-5-18)11-19(23)22-12-20(21)16-7-14-6-15(9-16)10-17(20)8-14/h2-5,14-17H,6-12,21H2,1H3,(H,22,23). The molecule has 24 heavy (non-hydrogen) atoms. The van der Waals surface area contributed by atoms with E-state index >= 15 is 0 Å². The Kier molecular flexibility index (Phi) is 4.03. The largest absolute Gasteiger partial charge is 0.497 e. The number of methoxy groups -OCH3 is 1. The fourth-order valence-corrected chi connectivity index (χ4v) is 5.59. The zero-order valence-electron chi connectivity index (χ0n) is 14.5. The molecule has 0 heterocycles. The van der Waals surface area contributed by atoms with Crippen molar-refractivity contribution < 1.29 is 9.53 Å². The average molecular weight is 328 g/mol. The first-order chi connectivity index (χ1) is 11.6. The second kappa shape index (κ2) is 6.07. The van der Waals surface area contributed by atoms with Gasteiger partial charge in [-0.2, -0.15) is 0 Å². The van der Waals surface area contributed by atoms with Gasteiger partial charge in [-0.1, -0.05) is 12.1 Å². The van der Waals surface area contributed by atoms with Gasteiger partial charge in [-0.05, 0) is 73.5 Å². The number of carbonyl (C=O) groups is 1. The highest BCUT2D eigenvalue weighted by Gasteiger charge is 2.55. The second-order valence-electron chi connectivity index (χ2n) is 8.22. The van der Waals surface area contributed by atoms with Crippen molar-refractivity contribution in [1.29, 1.82) is 0 Å². The van der Waals surface area contributed by atoms with Gasteiger partial charge in [-0.25, -0.2) is 0 Å². The first-order valence-electron chi connectivity index (χ1n) is 9.25. The van der Waals surface area contributed by atoms with Crippen molar-refractivity contribution in [3.63, 3.8) is 0 Å². The van der Waals surface area contributed by atoms with Crippen molar-refractivity contribution >= 4 is 5.91 Å². The summed E-state index contributed by atoms with van der Waals surface area (Å²) in [5.74, 6) is 3.90. The normalized spacial score (nSPS) is 36.6. The lowest BCUT2D eigenvalue weighted by molar-refractivity contribution is -0.122. The van der Waals surface area contributed by atoms with E-state index in [1.54, 1.807) is 7.11 Å². The van der Waals surface area contributed by atoms with Crippen molar-refractivity contribution in [3.05, 3.63) is 29.8 Å². The summed E-state index contributed by atoms with van der Waals surface area (Å²) in [6.45, 7) is 0.636. The lowest BCUT2D eigenvalue weighted by Crippen LogP contribution is -2.67. The first-order valence-corrected chi connectivity index (χ1v) is 9.25. The highest BCUT2D eigenvalue weighted by Crippen LogP contribution is 2.57. The van der Waals surface area contributed by atoms with Crippen LogP contribution in [0.5, 0.6) is 5.75 Å². The van der Waals surface area contributed by atoms with Gasteiger partial charge in [0.25, 0.3) is 0 Å². The number of ether oxygens (including phenoxy) is 1. The second-order valence-corrected chi connectivity index (χ2v) is 8.22. The lowest BCUT2D eigenvalue weighted by Gasteiger charge is -2.59. The predicted molar refractivity (Wildman–Crippen MR) is 93.7 cm³/mol. The predicted octanol–water partition coefficient (Wildman–Crippen LogP) is 2.51. The summed E-state index contributed by atoms with van der Waals surface area (Å²) in [5.41, 5.74) is 7.67. The molecule has 0 atom stereocenters. The van der Waals surface area contributed by atoms with Crippen LogP contribution >= 0.6 is 0 Å². The van der Waals surface area contributed by atoms with Gasteiger partial charge in [0.2, 0.25) is 5.91 Å². The van der Waals surface area contributed by atoms with Crippen molar-refractivity contribution in [2.45, 2.75) is 44.1 Å². The third kappa shape index (κ3) is 2.81. The molecule has 4 saturated carbocycles. The lowest BCUT2D eigenvalue weighted by atomic mass is 9.49. The zero-order valence-corrected chi connectivity index (χ0v) is 14.5. The van der Waals surface area contributed by atoms with Crippen molar-refractivity contribution in [2.75, 3.05) is 13.7 Å². The smallest absolute Gasteiger partial charge is 0.224 e. The van der Waals surface area contributed by atoms with Crippen molar-refractivity contribution in [1.82, 2.24) is 5.32 Å². The summed E-state index contributed by atoms with van der Waals surface area (Å²) in [5, 5.41) is 3.13. The molecule has 130 valence electrons. The molecule has 1 amide bonds. The van der Waals surface area contributed by atoms with Crippen LogP contribution in [0.3, 0.4) is 0 Å². The van der Waals surface area contributed by atoms with Gasteiger partial charge < -0.3 is 15.8 Å². The van der Waals surface area contributed by atoms with Gasteiger partial charge in [0.05, 0.1) is 13.5 Å². The monoisotopic (exact) mass is 328 g/mol. The van der Waals surface area contributed by atoms with E-state index < -0.39 is 0 Å². The van der Waals surface area contributed by atoms with E-state index in [-0.39, 0.29) is 11.4 Å². The van der Waals surface area contributed by atoms with E-state index in [1.165, 1.54) is 32.1 Å². The number of hydrogen-bond acceptors (Lipinski definition) is 3. The number of rotatable bonds is 5. The molecule has 0 saturated heterocycles. The van der Waals surface area contributed by atoms with Crippen LogP contribution in [0.25, 0.3) is 0 Å². The van der Waals surface area contributed by atoms with Crippen LogP contribution in [0.2, 0.25) is 0 Å². The number of benzene rings is 1. The van der Waals surface area contributed by atoms with Crippen LogP contribution in [0.1, 0.15) is 37.7 Å². The topological polar surface area (TPSA) is 64.3 Å². The van der Waals surface area contributed by atoms with Crippen LogP contribution in [0.4, 0.5) is 0 Å². The Labute approximate surface area is 144 Å². The fraction of sp³-hybridized carbons (Fsp3) is 0.650. The maximum absolute atomic E-state index is 12.3. The third-order valence-corrected chi connectivity index (χ3v) is 6.77. The van der Waals surface area contributed by atoms with E-state index in [2.05, 4.69) is 5.32 Å². The highest BCUT2D eigenvalue weighted by atomic mass is 16.5. The maximum atomic E-state index is 12.3. The molecule has 4 bridgehead atoms. The summed E-state index contributed by atoms with van der Waals surface area (Å²) in [7, 11) is 1.65. The van der Waals surface area contributed by atoms with Gasteiger partial charge in [-0.3, -0.25) is 4.79 Å². The van der Waals surface area contributed by atoms with Crippen molar-refractivity contribution in [2.24, 2.45) is 29.4 Å².